The maximum atomic E-state index is 13.4. The normalized spacial score (nSPS) is 15.1. The van der Waals surface area contributed by atoms with Crippen molar-refractivity contribution in [3.05, 3.63) is 65.2 Å². The third-order valence-electron chi connectivity index (χ3n) is 5.95. The van der Waals surface area contributed by atoms with Crippen LogP contribution in [0.3, 0.4) is 0 Å². The molecule has 0 spiro atoms. The van der Waals surface area contributed by atoms with Gasteiger partial charge in [-0.05, 0) is 37.0 Å². The van der Waals surface area contributed by atoms with Gasteiger partial charge in [0.25, 0.3) is 15.9 Å². The van der Waals surface area contributed by atoms with Gasteiger partial charge in [0.1, 0.15) is 10.9 Å². The fourth-order valence-corrected chi connectivity index (χ4v) is 5.71. The van der Waals surface area contributed by atoms with Gasteiger partial charge in [0, 0.05) is 26.1 Å². The zero-order valence-electron chi connectivity index (χ0n) is 20.7. The van der Waals surface area contributed by atoms with Gasteiger partial charge >= 0.3 is 0 Å². The second-order valence-electron chi connectivity index (χ2n) is 9.20. The molecule has 1 heterocycles. The van der Waals surface area contributed by atoms with Gasteiger partial charge in [-0.3, -0.25) is 14.4 Å². The lowest BCUT2D eigenvalue weighted by atomic mass is 10.1. The van der Waals surface area contributed by atoms with E-state index >= 15 is 0 Å². The van der Waals surface area contributed by atoms with Crippen molar-refractivity contribution in [2.45, 2.75) is 58.0 Å². The first-order valence-corrected chi connectivity index (χ1v) is 13.3. The second-order valence-corrected chi connectivity index (χ2v) is 11.0. The highest BCUT2D eigenvalue weighted by atomic mass is 32.2. The molecule has 188 valence electrons. The molecular weight excluding hydrogens is 466 g/mol. The van der Waals surface area contributed by atoms with Crippen molar-refractivity contribution in [2.24, 2.45) is 5.92 Å². The Balaban J connectivity index is 1.82. The van der Waals surface area contributed by atoms with Crippen molar-refractivity contribution in [1.82, 2.24) is 14.5 Å². The molecule has 0 aromatic heterocycles. The summed E-state index contributed by atoms with van der Waals surface area (Å²) in [6, 6.07) is 13.0. The van der Waals surface area contributed by atoms with Crippen LogP contribution in [-0.2, 0) is 26.2 Å². The summed E-state index contributed by atoms with van der Waals surface area (Å²) in [6.45, 7) is 8.16. The molecule has 0 aliphatic carbocycles. The molecule has 1 aliphatic heterocycles. The summed E-state index contributed by atoms with van der Waals surface area (Å²) in [5.74, 6) is -1.03. The molecule has 0 radical (unpaired) electrons. The monoisotopic (exact) mass is 499 g/mol. The Morgan fingerprint density at radius 2 is 1.80 bits per heavy atom. The van der Waals surface area contributed by atoms with Gasteiger partial charge in [0.05, 0.1) is 5.56 Å². The topological polar surface area (TPSA) is 104 Å². The molecule has 2 aromatic rings. The fourth-order valence-electron chi connectivity index (χ4n) is 4.14. The maximum Gasteiger partial charge on any atom is 0.269 e. The SMILES string of the molecule is CCC(C(=O)NCC(C)C)N(Cc1cccc(C)c1)C(=O)CCN1C(=O)c2ccccc2S1(=O)=O. The van der Waals surface area contributed by atoms with Crippen molar-refractivity contribution in [1.29, 1.82) is 0 Å². The number of carbonyl (C=O) groups excluding carboxylic acids is 3. The van der Waals surface area contributed by atoms with Crippen molar-refractivity contribution >= 4 is 27.7 Å². The molecule has 3 rings (SSSR count). The maximum absolute atomic E-state index is 13.4. The van der Waals surface area contributed by atoms with Crippen LogP contribution in [0.5, 0.6) is 0 Å². The van der Waals surface area contributed by atoms with Gasteiger partial charge in [-0.2, -0.15) is 0 Å². The number of carbonyl (C=O) groups is 3. The number of hydrogen-bond donors (Lipinski definition) is 1. The van der Waals surface area contributed by atoms with Crippen molar-refractivity contribution in [3.8, 4) is 0 Å². The van der Waals surface area contributed by atoms with Crippen molar-refractivity contribution < 1.29 is 22.8 Å². The summed E-state index contributed by atoms with van der Waals surface area (Å²) in [5.41, 5.74) is 2.00. The minimum absolute atomic E-state index is 0.0476. The van der Waals surface area contributed by atoms with E-state index in [1.807, 2.05) is 52.0 Å². The average molecular weight is 500 g/mol. The van der Waals surface area contributed by atoms with Crippen LogP contribution in [0.25, 0.3) is 0 Å². The summed E-state index contributed by atoms with van der Waals surface area (Å²) in [6.07, 6.45) is 0.173. The Kier molecular flexibility index (Phi) is 8.32. The zero-order valence-corrected chi connectivity index (χ0v) is 21.5. The quantitative estimate of drug-likeness (QED) is 0.541. The summed E-state index contributed by atoms with van der Waals surface area (Å²) in [4.78, 5) is 40.6. The van der Waals surface area contributed by atoms with Gasteiger partial charge in [0.2, 0.25) is 11.8 Å². The first-order valence-electron chi connectivity index (χ1n) is 11.8. The lowest BCUT2D eigenvalue weighted by Gasteiger charge is -2.31. The van der Waals surface area contributed by atoms with Crippen LogP contribution in [0.2, 0.25) is 0 Å². The van der Waals surface area contributed by atoms with Crippen LogP contribution in [0, 0.1) is 12.8 Å². The molecule has 1 atom stereocenters. The van der Waals surface area contributed by atoms with Crippen LogP contribution in [0.1, 0.15) is 55.1 Å². The van der Waals surface area contributed by atoms with E-state index in [0.29, 0.717) is 13.0 Å². The summed E-state index contributed by atoms with van der Waals surface area (Å²) in [7, 11) is -4.01. The van der Waals surface area contributed by atoms with Gasteiger partial charge in [0.15, 0.2) is 0 Å². The Bertz CT molecular complexity index is 1210. The highest BCUT2D eigenvalue weighted by Crippen LogP contribution is 2.30. The van der Waals surface area contributed by atoms with E-state index in [1.54, 1.807) is 12.1 Å². The number of fused-ring (bicyclic) bond motifs is 1. The number of aryl methyl sites for hydroxylation is 1. The number of hydrogen-bond acceptors (Lipinski definition) is 5. The first kappa shape index (κ1) is 26.4. The molecule has 35 heavy (non-hydrogen) atoms. The highest BCUT2D eigenvalue weighted by molar-refractivity contribution is 7.90. The van der Waals surface area contributed by atoms with Crippen molar-refractivity contribution in [3.63, 3.8) is 0 Å². The summed E-state index contributed by atoms with van der Waals surface area (Å²) >= 11 is 0. The number of nitrogens with one attached hydrogen (secondary N) is 1. The van der Waals surface area contributed by atoms with E-state index in [-0.39, 0.29) is 41.8 Å². The van der Waals surface area contributed by atoms with Gasteiger partial charge in [-0.25, -0.2) is 12.7 Å². The van der Waals surface area contributed by atoms with E-state index in [1.165, 1.54) is 17.0 Å². The van der Waals surface area contributed by atoms with E-state index in [9.17, 15) is 22.8 Å². The van der Waals surface area contributed by atoms with Gasteiger partial charge < -0.3 is 10.2 Å². The van der Waals surface area contributed by atoms with Crippen LogP contribution in [0.15, 0.2) is 53.4 Å². The Labute approximate surface area is 207 Å². The van der Waals surface area contributed by atoms with Crippen LogP contribution >= 0.6 is 0 Å². The van der Waals surface area contributed by atoms with Crippen LogP contribution in [-0.4, -0.2) is 54.5 Å². The molecular formula is C26H33N3O5S. The van der Waals surface area contributed by atoms with E-state index in [4.69, 9.17) is 0 Å². The zero-order chi connectivity index (χ0) is 25.8. The number of nitrogens with zero attached hydrogens (tertiary/aromatic N) is 2. The molecule has 1 aliphatic rings. The summed E-state index contributed by atoms with van der Waals surface area (Å²) in [5, 5.41) is 2.90. The Morgan fingerprint density at radius 1 is 1.09 bits per heavy atom. The van der Waals surface area contributed by atoms with Crippen LogP contribution in [0.4, 0.5) is 0 Å². The number of amides is 3. The molecule has 9 heteroatoms. The standard InChI is InChI=1S/C26H33N3O5S/c1-5-22(25(31)27-16-18(2)3)28(17-20-10-8-9-19(4)15-20)24(30)13-14-29-26(32)21-11-6-7-12-23(21)35(29,33)34/h6-12,15,18,22H,5,13-14,16-17H2,1-4H3,(H,27,31). The molecule has 0 saturated heterocycles. The molecule has 3 amide bonds. The molecule has 8 nitrogen and oxygen atoms in total. The van der Waals surface area contributed by atoms with E-state index < -0.39 is 27.9 Å². The molecule has 2 aromatic carbocycles. The minimum Gasteiger partial charge on any atom is -0.354 e. The molecule has 0 saturated carbocycles. The molecule has 0 fully saturated rings. The van der Waals surface area contributed by atoms with Gasteiger partial charge in [-0.1, -0.05) is 62.7 Å². The Hall–Kier alpha value is -3.20. The smallest absolute Gasteiger partial charge is 0.269 e. The first-order chi connectivity index (χ1) is 16.6. The third-order valence-corrected chi connectivity index (χ3v) is 7.79. The van der Waals surface area contributed by atoms with Crippen molar-refractivity contribution in [2.75, 3.05) is 13.1 Å². The number of rotatable bonds is 10. The second kappa shape index (κ2) is 11.0. The molecule has 0 bridgehead atoms. The third kappa shape index (κ3) is 5.90. The lowest BCUT2D eigenvalue weighted by molar-refractivity contribution is -0.141. The van der Waals surface area contributed by atoms with E-state index in [2.05, 4.69) is 5.32 Å². The van der Waals surface area contributed by atoms with Crippen LogP contribution < -0.4 is 5.32 Å². The lowest BCUT2D eigenvalue weighted by Crippen LogP contribution is -2.50. The van der Waals surface area contributed by atoms with E-state index in [0.717, 1.165) is 15.4 Å². The number of benzene rings is 2. The molecule has 1 N–H and O–H groups in total. The average Bonchev–Trinajstić information content (AvgIpc) is 3.01. The van der Waals surface area contributed by atoms with Gasteiger partial charge in [-0.15, -0.1) is 0 Å². The largest absolute Gasteiger partial charge is 0.354 e. The minimum atomic E-state index is -4.01. The predicted molar refractivity (Wildman–Crippen MR) is 133 cm³/mol. The summed E-state index contributed by atoms with van der Waals surface area (Å²) < 4.78 is 26.5. The Morgan fingerprint density at radius 3 is 2.43 bits per heavy atom. The highest BCUT2D eigenvalue weighted by Gasteiger charge is 2.41. The predicted octanol–water partition coefficient (Wildman–Crippen LogP) is 3.11. The number of sulfonamides is 1. The fraction of sp³-hybridized carbons (Fsp3) is 0.423. The molecule has 1 unspecified atom stereocenters.